The van der Waals surface area contributed by atoms with E-state index in [0.717, 1.165) is 5.56 Å². The van der Waals surface area contributed by atoms with Crippen molar-refractivity contribution in [3.63, 3.8) is 0 Å². The van der Waals surface area contributed by atoms with Gasteiger partial charge in [0.1, 0.15) is 12.4 Å². The zero-order valence-electron chi connectivity index (χ0n) is 14.1. The Labute approximate surface area is 155 Å². The summed E-state index contributed by atoms with van der Waals surface area (Å²) in [6.07, 6.45) is 4.70. The number of nitrogens with zero attached hydrogens (tertiary/aromatic N) is 3. The fourth-order valence-corrected chi connectivity index (χ4v) is 2.78. The molecule has 1 aromatic carbocycles. The first kappa shape index (κ1) is 17.9. The molecular weight excluding hydrogens is 354 g/mol. The van der Waals surface area contributed by atoms with Crippen molar-refractivity contribution in [2.45, 2.75) is 0 Å². The minimum Gasteiger partial charge on any atom is -0.492 e. The zero-order valence-corrected chi connectivity index (χ0v) is 14.9. The number of benzene rings is 1. The van der Waals surface area contributed by atoms with Crippen LogP contribution in [0, 0.1) is 0 Å². The number of hydrogen-bond acceptors (Lipinski definition) is 5. The van der Waals surface area contributed by atoms with Crippen LogP contribution in [0.15, 0.2) is 48.9 Å². The third-order valence-electron chi connectivity index (χ3n) is 3.70. The number of anilines is 1. The van der Waals surface area contributed by atoms with E-state index in [4.69, 9.17) is 22.1 Å². The second-order valence-electron chi connectivity index (χ2n) is 5.50. The highest BCUT2D eigenvalue weighted by molar-refractivity contribution is 6.33. The Morgan fingerprint density at radius 2 is 2.08 bits per heavy atom. The van der Waals surface area contributed by atoms with Crippen LogP contribution in [0.1, 0.15) is 10.4 Å². The van der Waals surface area contributed by atoms with Gasteiger partial charge in [-0.15, -0.1) is 0 Å². The minimum absolute atomic E-state index is 0.231. The topological polar surface area (TPSA) is 95.1 Å². The highest BCUT2D eigenvalue weighted by Gasteiger charge is 2.16. The van der Waals surface area contributed by atoms with Crippen LogP contribution in [0.2, 0.25) is 5.02 Å². The summed E-state index contributed by atoms with van der Waals surface area (Å²) in [7, 11) is 1.79. The average Bonchev–Trinajstić information content (AvgIpc) is 2.99. The smallest absolute Gasteiger partial charge is 0.255 e. The Morgan fingerprint density at radius 3 is 2.73 bits per heavy atom. The number of halogens is 1. The summed E-state index contributed by atoms with van der Waals surface area (Å²) in [5.74, 6) is 0.382. The molecule has 0 saturated carbocycles. The van der Waals surface area contributed by atoms with E-state index in [-0.39, 0.29) is 5.91 Å². The zero-order chi connectivity index (χ0) is 18.5. The summed E-state index contributed by atoms with van der Waals surface area (Å²) >= 11 is 6.28. The van der Waals surface area contributed by atoms with Gasteiger partial charge in [0.2, 0.25) is 0 Å². The number of aromatic nitrogens is 3. The van der Waals surface area contributed by atoms with Gasteiger partial charge in [-0.25, -0.2) is 0 Å². The fraction of sp³-hybridized carbons (Fsp3) is 0.167. The van der Waals surface area contributed by atoms with Gasteiger partial charge in [0.15, 0.2) is 0 Å². The summed E-state index contributed by atoms with van der Waals surface area (Å²) < 4.78 is 7.37. The quantitative estimate of drug-likeness (QED) is 0.694. The molecule has 3 N–H and O–H groups in total. The highest BCUT2D eigenvalue weighted by Crippen LogP contribution is 2.36. The molecule has 0 aliphatic heterocycles. The third kappa shape index (κ3) is 3.84. The van der Waals surface area contributed by atoms with Crippen LogP contribution >= 0.6 is 11.6 Å². The van der Waals surface area contributed by atoms with E-state index in [1.54, 1.807) is 60.7 Å². The van der Waals surface area contributed by atoms with Crippen LogP contribution in [0.25, 0.3) is 11.3 Å². The molecule has 0 spiro atoms. The number of hydrogen-bond donors (Lipinski definition) is 2. The molecule has 1 amide bonds. The summed E-state index contributed by atoms with van der Waals surface area (Å²) in [4.78, 5) is 16.3. The first-order chi connectivity index (χ1) is 12.6. The Balaban J connectivity index is 1.96. The van der Waals surface area contributed by atoms with E-state index < -0.39 is 0 Å². The number of nitrogens with two attached hydrogens (primary N) is 1. The van der Waals surface area contributed by atoms with Crippen molar-refractivity contribution < 1.29 is 9.53 Å². The average molecular weight is 372 g/mol. The molecule has 2 aromatic heterocycles. The number of ether oxygens (including phenoxy) is 1. The third-order valence-corrected chi connectivity index (χ3v) is 3.98. The van der Waals surface area contributed by atoms with E-state index in [1.165, 1.54) is 0 Å². The van der Waals surface area contributed by atoms with Crippen LogP contribution < -0.4 is 15.8 Å². The van der Waals surface area contributed by atoms with E-state index in [9.17, 15) is 4.79 Å². The molecule has 0 fully saturated rings. The highest BCUT2D eigenvalue weighted by atomic mass is 35.5. The molecular formula is C18H18ClN5O2. The van der Waals surface area contributed by atoms with E-state index >= 15 is 0 Å². The SMILES string of the molecule is Cn1ncc(Cl)c1-c1cc(NC(=O)c2ccncc2)ccc1OCCN. The molecule has 0 radical (unpaired) electrons. The Bertz CT molecular complexity index is 892. The molecule has 0 aliphatic rings. The number of rotatable bonds is 6. The van der Waals surface area contributed by atoms with Gasteiger partial charge in [-0.2, -0.15) is 5.10 Å². The lowest BCUT2D eigenvalue weighted by atomic mass is 10.1. The summed E-state index contributed by atoms with van der Waals surface area (Å²) in [6, 6.07) is 8.63. The van der Waals surface area contributed by atoms with E-state index in [1.807, 2.05) is 0 Å². The maximum absolute atomic E-state index is 12.4. The van der Waals surface area contributed by atoms with Crippen molar-refractivity contribution in [1.82, 2.24) is 14.8 Å². The van der Waals surface area contributed by atoms with Gasteiger partial charge in [-0.3, -0.25) is 14.5 Å². The van der Waals surface area contributed by atoms with Gasteiger partial charge < -0.3 is 15.8 Å². The van der Waals surface area contributed by atoms with Gasteiger partial charge in [0.25, 0.3) is 5.91 Å². The Hall–Kier alpha value is -2.90. The second kappa shape index (κ2) is 7.99. The lowest BCUT2D eigenvalue weighted by molar-refractivity contribution is 0.102. The van der Waals surface area contributed by atoms with Crippen molar-refractivity contribution in [3.05, 3.63) is 59.5 Å². The Kier molecular flexibility index (Phi) is 5.50. The van der Waals surface area contributed by atoms with Crippen molar-refractivity contribution >= 4 is 23.2 Å². The fourth-order valence-electron chi connectivity index (χ4n) is 2.51. The summed E-state index contributed by atoms with van der Waals surface area (Å²) in [6.45, 7) is 0.754. The van der Waals surface area contributed by atoms with Gasteiger partial charge in [-0.1, -0.05) is 11.6 Å². The van der Waals surface area contributed by atoms with Gasteiger partial charge in [0.05, 0.1) is 16.9 Å². The number of nitrogens with one attached hydrogen (secondary N) is 1. The van der Waals surface area contributed by atoms with Crippen LogP contribution in [0.4, 0.5) is 5.69 Å². The lowest BCUT2D eigenvalue weighted by Crippen LogP contribution is -2.13. The minimum atomic E-state index is -0.231. The number of pyridine rings is 1. The van der Waals surface area contributed by atoms with Crippen LogP contribution in [0.3, 0.4) is 0 Å². The molecule has 0 atom stereocenters. The molecule has 7 nitrogen and oxygen atoms in total. The van der Waals surface area contributed by atoms with Gasteiger partial charge >= 0.3 is 0 Å². The monoisotopic (exact) mass is 371 g/mol. The van der Waals surface area contributed by atoms with Crippen molar-refractivity contribution in [2.75, 3.05) is 18.5 Å². The van der Waals surface area contributed by atoms with E-state index in [0.29, 0.717) is 40.9 Å². The molecule has 0 saturated heterocycles. The molecule has 3 rings (SSSR count). The number of aryl methyl sites for hydroxylation is 1. The standard InChI is InChI=1S/C18H18ClN5O2/c1-24-17(15(19)11-22-24)14-10-13(2-3-16(14)26-9-6-20)23-18(25)12-4-7-21-8-5-12/h2-5,7-8,10-11H,6,9,20H2,1H3,(H,23,25). The summed E-state index contributed by atoms with van der Waals surface area (Å²) in [5, 5.41) is 7.51. The first-order valence-corrected chi connectivity index (χ1v) is 8.34. The van der Waals surface area contributed by atoms with Crippen molar-refractivity contribution in [3.8, 4) is 17.0 Å². The molecule has 0 aliphatic carbocycles. The predicted octanol–water partition coefficient (Wildman–Crippen LogP) is 2.73. The van der Waals surface area contributed by atoms with Gasteiger partial charge in [-0.05, 0) is 30.3 Å². The van der Waals surface area contributed by atoms with Crippen LogP contribution in [-0.2, 0) is 7.05 Å². The van der Waals surface area contributed by atoms with Gasteiger partial charge in [0, 0.05) is 42.8 Å². The molecule has 26 heavy (non-hydrogen) atoms. The molecule has 0 unspecified atom stereocenters. The molecule has 8 heteroatoms. The number of carbonyl (C=O) groups excluding carboxylic acids is 1. The van der Waals surface area contributed by atoms with Crippen molar-refractivity contribution in [2.24, 2.45) is 12.8 Å². The molecule has 0 bridgehead atoms. The van der Waals surface area contributed by atoms with Crippen LogP contribution in [-0.4, -0.2) is 33.8 Å². The predicted molar refractivity (Wildman–Crippen MR) is 100 cm³/mol. The second-order valence-corrected chi connectivity index (χ2v) is 5.91. The number of amides is 1. The molecule has 3 aromatic rings. The van der Waals surface area contributed by atoms with Crippen molar-refractivity contribution in [1.29, 1.82) is 0 Å². The molecule has 134 valence electrons. The number of carbonyl (C=O) groups is 1. The lowest BCUT2D eigenvalue weighted by Gasteiger charge is -2.14. The largest absolute Gasteiger partial charge is 0.492 e. The molecule has 2 heterocycles. The van der Waals surface area contributed by atoms with E-state index in [2.05, 4.69) is 15.4 Å². The first-order valence-electron chi connectivity index (χ1n) is 7.96. The van der Waals surface area contributed by atoms with Crippen LogP contribution in [0.5, 0.6) is 5.75 Å². The summed E-state index contributed by atoms with van der Waals surface area (Å²) in [5.41, 5.74) is 8.07. The Morgan fingerprint density at radius 1 is 1.31 bits per heavy atom. The maximum Gasteiger partial charge on any atom is 0.255 e. The maximum atomic E-state index is 12.4. The normalized spacial score (nSPS) is 10.6.